The van der Waals surface area contributed by atoms with Crippen molar-refractivity contribution in [3.8, 4) is 0 Å². The summed E-state index contributed by atoms with van der Waals surface area (Å²) in [5.41, 5.74) is 1.38. The molecule has 0 spiro atoms. The Hall–Kier alpha value is -2.41. The van der Waals surface area contributed by atoms with E-state index in [1.807, 2.05) is 13.0 Å². The minimum Gasteiger partial charge on any atom is -0.478 e. The van der Waals surface area contributed by atoms with Crippen molar-refractivity contribution < 1.29 is 18.3 Å². The molecule has 0 radical (unpaired) electrons. The molecule has 0 aliphatic carbocycles. The zero-order valence-electron chi connectivity index (χ0n) is 11.3. The van der Waals surface area contributed by atoms with Crippen LogP contribution >= 0.6 is 0 Å². The van der Waals surface area contributed by atoms with Gasteiger partial charge in [-0.1, -0.05) is 19.1 Å². The Kier molecular flexibility index (Phi) is 4.23. The number of aryl methyl sites for hydroxylation is 1. The van der Waals surface area contributed by atoms with Gasteiger partial charge < -0.3 is 5.11 Å². The van der Waals surface area contributed by atoms with Gasteiger partial charge in [0, 0.05) is 11.9 Å². The molecular weight excluding hydrogens is 292 g/mol. The second kappa shape index (κ2) is 5.92. The van der Waals surface area contributed by atoms with Gasteiger partial charge in [0.1, 0.15) is 0 Å². The summed E-state index contributed by atoms with van der Waals surface area (Å²) in [5.74, 6) is -1.16. The Bertz CT molecular complexity index is 755. The maximum atomic E-state index is 12.2. The van der Waals surface area contributed by atoms with Crippen LogP contribution in [0.4, 0.5) is 5.69 Å². The monoisotopic (exact) mass is 306 g/mol. The first kappa shape index (κ1) is 15.0. The molecule has 2 rings (SSSR count). The van der Waals surface area contributed by atoms with Crippen LogP contribution < -0.4 is 4.72 Å². The van der Waals surface area contributed by atoms with Crippen molar-refractivity contribution in [1.29, 1.82) is 0 Å². The Labute approximate surface area is 122 Å². The SMILES string of the molecule is CCc1cccc(NS(=O)(=O)c2ccc(C(=O)O)cn2)c1. The van der Waals surface area contributed by atoms with E-state index in [0.717, 1.165) is 24.2 Å². The number of rotatable bonds is 5. The molecule has 0 aliphatic heterocycles. The number of aromatic carboxylic acids is 1. The van der Waals surface area contributed by atoms with Crippen molar-refractivity contribution in [2.75, 3.05) is 4.72 Å². The maximum Gasteiger partial charge on any atom is 0.337 e. The molecule has 1 aromatic carbocycles. The minimum atomic E-state index is -3.83. The van der Waals surface area contributed by atoms with Crippen molar-refractivity contribution in [1.82, 2.24) is 4.98 Å². The number of pyridine rings is 1. The van der Waals surface area contributed by atoms with E-state index in [-0.39, 0.29) is 10.6 Å². The molecule has 6 nitrogen and oxygen atoms in total. The lowest BCUT2D eigenvalue weighted by atomic mass is 10.1. The number of hydrogen-bond acceptors (Lipinski definition) is 4. The Morgan fingerprint density at radius 2 is 2.05 bits per heavy atom. The van der Waals surface area contributed by atoms with Crippen LogP contribution in [0.5, 0.6) is 0 Å². The summed E-state index contributed by atoms with van der Waals surface area (Å²) in [4.78, 5) is 14.4. The topological polar surface area (TPSA) is 96.4 Å². The largest absolute Gasteiger partial charge is 0.478 e. The van der Waals surface area contributed by atoms with E-state index >= 15 is 0 Å². The highest BCUT2D eigenvalue weighted by molar-refractivity contribution is 7.92. The van der Waals surface area contributed by atoms with Crippen LogP contribution in [0.1, 0.15) is 22.8 Å². The highest BCUT2D eigenvalue weighted by atomic mass is 32.2. The lowest BCUT2D eigenvalue weighted by molar-refractivity contribution is 0.0696. The number of benzene rings is 1. The van der Waals surface area contributed by atoms with Crippen LogP contribution in [0.15, 0.2) is 47.6 Å². The van der Waals surface area contributed by atoms with Gasteiger partial charge in [-0.15, -0.1) is 0 Å². The van der Waals surface area contributed by atoms with Crippen LogP contribution in [0.2, 0.25) is 0 Å². The van der Waals surface area contributed by atoms with Gasteiger partial charge in [-0.05, 0) is 36.2 Å². The van der Waals surface area contributed by atoms with Gasteiger partial charge in [0.15, 0.2) is 5.03 Å². The van der Waals surface area contributed by atoms with E-state index < -0.39 is 16.0 Å². The first-order valence-corrected chi connectivity index (χ1v) is 7.72. The zero-order chi connectivity index (χ0) is 15.5. The highest BCUT2D eigenvalue weighted by Crippen LogP contribution is 2.16. The van der Waals surface area contributed by atoms with Crippen LogP contribution in [0.25, 0.3) is 0 Å². The Morgan fingerprint density at radius 3 is 2.62 bits per heavy atom. The number of hydrogen-bond donors (Lipinski definition) is 2. The molecule has 110 valence electrons. The minimum absolute atomic E-state index is 0.0677. The predicted octanol–water partition coefficient (Wildman–Crippen LogP) is 2.14. The van der Waals surface area contributed by atoms with Gasteiger partial charge in [0.2, 0.25) is 0 Å². The molecule has 0 fully saturated rings. The van der Waals surface area contributed by atoms with Crippen molar-refractivity contribution in [2.24, 2.45) is 0 Å². The highest BCUT2D eigenvalue weighted by Gasteiger charge is 2.16. The summed E-state index contributed by atoms with van der Waals surface area (Å²) < 4.78 is 26.7. The van der Waals surface area contributed by atoms with Crippen LogP contribution in [0, 0.1) is 0 Å². The summed E-state index contributed by atoms with van der Waals surface area (Å²) in [6, 6.07) is 9.41. The third-order valence-corrected chi connectivity index (χ3v) is 4.14. The van der Waals surface area contributed by atoms with Crippen molar-refractivity contribution >= 4 is 21.7 Å². The zero-order valence-corrected chi connectivity index (χ0v) is 12.1. The number of nitrogens with zero attached hydrogens (tertiary/aromatic N) is 1. The van der Waals surface area contributed by atoms with Gasteiger partial charge in [0.05, 0.1) is 5.56 Å². The third-order valence-electron chi connectivity index (χ3n) is 2.85. The fraction of sp³-hybridized carbons (Fsp3) is 0.143. The summed E-state index contributed by atoms with van der Waals surface area (Å²) in [7, 11) is -3.83. The molecule has 0 bridgehead atoms. The van der Waals surface area contributed by atoms with Gasteiger partial charge in [0.25, 0.3) is 10.0 Å². The third kappa shape index (κ3) is 3.57. The average molecular weight is 306 g/mol. The molecule has 0 unspecified atom stereocenters. The van der Waals surface area contributed by atoms with Crippen LogP contribution in [-0.4, -0.2) is 24.5 Å². The molecule has 21 heavy (non-hydrogen) atoms. The number of carbonyl (C=O) groups is 1. The molecule has 0 aliphatic rings. The van der Waals surface area contributed by atoms with E-state index in [1.54, 1.807) is 18.2 Å². The van der Waals surface area contributed by atoms with Crippen molar-refractivity contribution in [3.63, 3.8) is 0 Å². The van der Waals surface area contributed by atoms with E-state index in [2.05, 4.69) is 9.71 Å². The average Bonchev–Trinajstić information content (AvgIpc) is 2.47. The molecule has 2 aromatic rings. The molecule has 2 N–H and O–H groups in total. The molecule has 1 aromatic heterocycles. The second-order valence-corrected chi connectivity index (χ2v) is 5.98. The lowest BCUT2D eigenvalue weighted by Crippen LogP contribution is -2.15. The second-order valence-electron chi connectivity index (χ2n) is 4.35. The molecular formula is C14H14N2O4S. The number of anilines is 1. The molecule has 0 saturated carbocycles. The number of sulfonamides is 1. The maximum absolute atomic E-state index is 12.2. The van der Waals surface area contributed by atoms with Gasteiger partial charge in [-0.25, -0.2) is 9.78 Å². The fourth-order valence-corrected chi connectivity index (χ4v) is 2.71. The van der Waals surface area contributed by atoms with Crippen LogP contribution in [-0.2, 0) is 16.4 Å². The first-order chi connectivity index (χ1) is 9.92. The summed E-state index contributed by atoms with van der Waals surface area (Å²) in [6.45, 7) is 1.97. The van der Waals surface area contributed by atoms with Gasteiger partial charge in [-0.2, -0.15) is 8.42 Å². The lowest BCUT2D eigenvalue weighted by Gasteiger charge is -2.08. The molecule has 1 heterocycles. The van der Waals surface area contributed by atoms with Crippen molar-refractivity contribution in [2.45, 2.75) is 18.4 Å². The molecule has 0 saturated heterocycles. The van der Waals surface area contributed by atoms with E-state index in [9.17, 15) is 13.2 Å². The smallest absolute Gasteiger partial charge is 0.337 e. The summed E-state index contributed by atoms with van der Waals surface area (Å²) in [6.07, 6.45) is 1.81. The first-order valence-electron chi connectivity index (χ1n) is 6.23. The van der Waals surface area contributed by atoms with Crippen LogP contribution in [0.3, 0.4) is 0 Å². The number of nitrogens with one attached hydrogen (secondary N) is 1. The van der Waals surface area contributed by atoms with E-state index in [4.69, 9.17) is 5.11 Å². The predicted molar refractivity (Wildman–Crippen MR) is 77.8 cm³/mol. The molecule has 0 atom stereocenters. The standard InChI is InChI=1S/C14H14N2O4S/c1-2-10-4-3-5-12(8-10)16-21(19,20)13-7-6-11(9-15-13)14(17)18/h3-9,16H,2H2,1H3,(H,17,18). The van der Waals surface area contributed by atoms with E-state index in [1.165, 1.54) is 6.07 Å². The number of carboxylic acid groups (broad SMARTS) is 1. The quantitative estimate of drug-likeness (QED) is 0.882. The Morgan fingerprint density at radius 1 is 1.29 bits per heavy atom. The van der Waals surface area contributed by atoms with Gasteiger partial charge >= 0.3 is 5.97 Å². The number of aromatic nitrogens is 1. The molecule has 0 amide bonds. The van der Waals surface area contributed by atoms with E-state index in [0.29, 0.717) is 5.69 Å². The fourth-order valence-electron chi connectivity index (χ4n) is 1.73. The summed E-state index contributed by atoms with van der Waals surface area (Å²) in [5, 5.41) is 8.54. The van der Waals surface area contributed by atoms with Gasteiger partial charge in [-0.3, -0.25) is 4.72 Å². The summed E-state index contributed by atoms with van der Waals surface area (Å²) >= 11 is 0. The normalized spacial score (nSPS) is 11.1. The molecule has 7 heteroatoms. The number of carboxylic acids is 1. The Balaban J connectivity index is 2.27. The van der Waals surface area contributed by atoms with Crippen molar-refractivity contribution in [3.05, 3.63) is 53.7 Å².